The van der Waals surface area contributed by atoms with Crippen molar-refractivity contribution in [2.45, 2.75) is 6.42 Å². The van der Waals surface area contributed by atoms with Crippen LogP contribution >= 0.6 is 15.9 Å². The summed E-state index contributed by atoms with van der Waals surface area (Å²) in [6, 6.07) is 11.3. The summed E-state index contributed by atoms with van der Waals surface area (Å²) in [5.74, 6) is 0.165. The molecule has 3 N–H and O–H groups in total. The molecule has 25 heavy (non-hydrogen) atoms. The third-order valence-corrected chi connectivity index (χ3v) is 4.14. The van der Waals surface area contributed by atoms with E-state index < -0.39 is 0 Å². The maximum Gasteiger partial charge on any atom is 0.252 e. The molecule has 0 unspecified atom stereocenters. The summed E-state index contributed by atoms with van der Waals surface area (Å²) in [6.45, 7) is 0.830. The lowest BCUT2D eigenvalue weighted by Crippen LogP contribution is -2.30. The van der Waals surface area contributed by atoms with E-state index in [2.05, 4.69) is 26.6 Å². The first kappa shape index (κ1) is 18.8. The lowest BCUT2D eigenvalue weighted by atomic mass is 10.2. The molecule has 6 nitrogen and oxygen atoms in total. The number of ether oxygens (including phenoxy) is 1. The maximum atomic E-state index is 12.2. The minimum atomic E-state index is -0.266. The van der Waals surface area contributed by atoms with Gasteiger partial charge >= 0.3 is 0 Å². The first-order valence-electron chi connectivity index (χ1n) is 7.70. The zero-order valence-electron chi connectivity index (χ0n) is 13.7. The highest BCUT2D eigenvalue weighted by atomic mass is 79.9. The fourth-order valence-corrected chi connectivity index (χ4v) is 2.57. The average Bonchev–Trinajstić information content (AvgIpc) is 2.61. The molecule has 0 aliphatic rings. The summed E-state index contributed by atoms with van der Waals surface area (Å²) >= 11 is 3.34. The van der Waals surface area contributed by atoms with Crippen molar-refractivity contribution in [1.82, 2.24) is 10.6 Å². The maximum absolute atomic E-state index is 12.2. The molecule has 0 aliphatic carbocycles. The molecule has 0 radical (unpaired) electrons. The van der Waals surface area contributed by atoms with Crippen LogP contribution in [0.5, 0.6) is 11.5 Å². The minimum absolute atomic E-state index is 0.0452. The molecule has 2 aromatic rings. The van der Waals surface area contributed by atoms with Gasteiger partial charge in [0, 0.05) is 23.1 Å². The lowest BCUT2D eigenvalue weighted by molar-refractivity contribution is 0.0951. The lowest BCUT2D eigenvalue weighted by Gasteiger charge is -2.09. The largest absolute Gasteiger partial charge is 0.508 e. The van der Waals surface area contributed by atoms with Gasteiger partial charge in [-0.1, -0.05) is 6.07 Å². The minimum Gasteiger partial charge on any atom is -0.508 e. The Bertz CT molecular complexity index is 764. The van der Waals surface area contributed by atoms with Crippen LogP contribution in [0.15, 0.2) is 46.9 Å². The number of phenolic OH excluding ortho intramolecular Hbond substituents is 1. The topological polar surface area (TPSA) is 87.7 Å². The number of carbonyl (C=O) groups excluding carboxylic acids is 2. The molecule has 7 heteroatoms. The van der Waals surface area contributed by atoms with E-state index in [1.807, 2.05) is 0 Å². The van der Waals surface area contributed by atoms with E-state index in [0.29, 0.717) is 40.9 Å². The van der Waals surface area contributed by atoms with Crippen LogP contribution in [0.4, 0.5) is 0 Å². The molecule has 0 atom stereocenters. The van der Waals surface area contributed by atoms with Crippen molar-refractivity contribution in [3.63, 3.8) is 0 Å². The third-order valence-electron chi connectivity index (χ3n) is 3.45. The smallest absolute Gasteiger partial charge is 0.252 e. The highest BCUT2D eigenvalue weighted by Crippen LogP contribution is 2.22. The fourth-order valence-electron chi connectivity index (χ4n) is 2.14. The van der Waals surface area contributed by atoms with Gasteiger partial charge in [0.2, 0.25) is 0 Å². The molecule has 0 saturated heterocycles. The molecule has 0 bridgehead atoms. The molecule has 2 aromatic carbocycles. The van der Waals surface area contributed by atoms with Crippen molar-refractivity contribution in [3.05, 3.63) is 58.1 Å². The number of hydrogen-bond donors (Lipinski definition) is 3. The van der Waals surface area contributed by atoms with Crippen molar-refractivity contribution in [3.8, 4) is 11.5 Å². The Morgan fingerprint density at radius 2 is 1.80 bits per heavy atom. The Balaban J connectivity index is 1.76. The summed E-state index contributed by atoms with van der Waals surface area (Å²) in [5.41, 5.74) is 0.882. The van der Waals surface area contributed by atoms with E-state index in [1.54, 1.807) is 37.4 Å². The molecular weight excluding hydrogens is 388 g/mol. The molecule has 0 spiro atoms. The number of hydrogen-bond acceptors (Lipinski definition) is 4. The van der Waals surface area contributed by atoms with Gasteiger partial charge in [-0.05, 0) is 58.7 Å². The van der Waals surface area contributed by atoms with Crippen LogP contribution in [-0.2, 0) is 0 Å². The predicted molar refractivity (Wildman–Crippen MR) is 98.1 cm³/mol. The zero-order chi connectivity index (χ0) is 18.2. The Labute approximate surface area is 154 Å². The molecule has 0 fully saturated rings. The summed E-state index contributed by atoms with van der Waals surface area (Å²) in [6.07, 6.45) is 0.581. The summed E-state index contributed by atoms with van der Waals surface area (Å²) < 4.78 is 5.80. The molecule has 0 heterocycles. The van der Waals surface area contributed by atoms with Crippen molar-refractivity contribution in [2.75, 3.05) is 20.2 Å². The second-order valence-corrected chi connectivity index (χ2v) is 6.12. The molecule has 0 saturated carbocycles. The fraction of sp³-hybridized carbons (Fsp3) is 0.222. The number of carbonyl (C=O) groups is 2. The Morgan fingerprint density at radius 1 is 1.08 bits per heavy atom. The van der Waals surface area contributed by atoms with Crippen LogP contribution in [0.1, 0.15) is 27.1 Å². The van der Waals surface area contributed by atoms with Gasteiger partial charge in [-0.25, -0.2) is 0 Å². The number of phenols is 1. The van der Waals surface area contributed by atoms with Gasteiger partial charge in [-0.2, -0.15) is 0 Å². The van der Waals surface area contributed by atoms with Crippen LogP contribution in [-0.4, -0.2) is 37.1 Å². The van der Waals surface area contributed by atoms with Gasteiger partial charge in [0.15, 0.2) is 0 Å². The van der Waals surface area contributed by atoms with Crippen LogP contribution in [0.2, 0.25) is 0 Å². The average molecular weight is 407 g/mol. The van der Waals surface area contributed by atoms with Crippen molar-refractivity contribution >= 4 is 27.7 Å². The van der Waals surface area contributed by atoms with Crippen LogP contribution < -0.4 is 15.4 Å². The van der Waals surface area contributed by atoms with Gasteiger partial charge in [0.05, 0.1) is 12.7 Å². The summed E-state index contributed by atoms with van der Waals surface area (Å²) in [4.78, 5) is 24.1. The van der Waals surface area contributed by atoms with E-state index in [-0.39, 0.29) is 17.6 Å². The van der Waals surface area contributed by atoms with Gasteiger partial charge in [-0.15, -0.1) is 0 Å². The second kappa shape index (κ2) is 9.08. The number of methoxy groups -OCH3 is 1. The van der Waals surface area contributed by atoms with Crippen LogP contribution in [0.3, 0.4) is 0 Å². The first-order chi connectivity index (χ1) is 12.0. The molecule has 132 valence electrons. The van der Waals surface area contributed by atoms with Crippen LogP contribution in [0, 0.1) is 0 Å². The monoisotopic (exact) mass is 406 g/mol. The van der Waals surface area contributed by atoms with Gasteiger partial charge in [0.1, 0.15) is 11.5 Å². The molecule has 2 rings (SSSR count). The Hall–Kier alpha value is -2.54. The van der Waals surface area contributed by atoms with E-state index in [0.717, 1.165) is 0 Å². The van der Waals surface area contributed by atoms with Gasteiger partial charge in [-0.3, -0.25) is 9.59 Å². The van der Waals surface area contributed by atoms with E-state index in [1.165, 1.54) is 12.1 Å². The van der Waals surface area contributed by atoms with Crippen molar-refractivity contribution in [2.24, 2.45) is 0 Å². The van der Waals surface area contributed by atoms with E-state index in [9.17, 15) is 14.7 Å². The van der Waals surface area contributed by atoms with Crippen molar-refractivity contribution in [1.29, 1.82) is 0 Å². The number of benzene rings is 2. The number of nitrogens with one attached hydrogen (secondary N) is 2. The number of rotatable bonds is 7. The quantitative estimate of drug-likeness (QED) is 0.616. The summed E-state index contributed by atoms with van der Waals surface area (Å²) in [5, 5.41) is 14.9. The molecular formula is C18H19BrN2O4. The number of aromatic hydroxyl groups is 1. The molecule has 0 aliphatic heterocycles. The SMILES string of the molecule is COc1ccc(Br)c(C(=O)NCCCNC(=O)c2cccc(O)c2)c1. The molecule has 2 amide bonds. The predicted octanol–water partition coefficient (Wildman–Crippen LogP) is 2.71. The van der Waals surface area contributed by atoms with E-state index >= 15 is 0 Å². The van der Waals surface area contributed by atoms with Gasteiger partial charge < -0.3 is 20.5 Å². The number of amides is 2. The third kappa shape index (κ3) is 5.49. The highest BCUT2D eigenvalue weighted by Gasteiger charge is 2.11. The summed E-state index contributed by atoms with van der Waals surface area (Å²) in [7, 11) is 1.54. The van der Waals surface area contributed by atoms with Crippen LogP contribution in [0.25, 0.3) is 0 Å². The van der Waals surface area contributed by atoms with Crippen molar-refractivity contribution < 1.29 is 19.4 Å². The van der Waals surface area contributed by atoms with E-state index in [4.69, 9.17) is 4.74 Å². The molecule has 0 aromatic heterocycles. The highest BCUT2D eigenvalue weighted by molar-refractivity contribution is 9.10. The Kier molecular flexibility index (Phi) is 6.82. The first-order valence-corrected chi connectivity index (χ1v) is 8.49. The number of halogens is 1. The standard InChI is InChI=1S/C18H19BrN2O4/c1-25-14-6-7-16(19)15(11-14)18(24)21-9-3-8-20-17(23)12-4-2-5-13(22)10-12/h2,4-7,10-11,22H,3,8-9H2,1H3,(H,20,23)(H,21,24). The van der Waals surface area contributed by atoms with Gasteiger partial charge in [0.25, 0.3) is 11.8 Å². The second-order valence-electron chi connectivity index (χ2n) is 5.26. The normalized spacial score (nSPS) is 10.2. The Morgan fingerprint density at radius 3 is 2.48 bits per heavy atom. The zero-order valence-corrected chi connectivity index (χ0v) is 15.3.